The molecule has 68 valence electrons. The minimum absolute atomic E-state index is 0.0459. The van der Waals surface area contributed by atoms with Gasteiger partial charge in [-0.25, -0.2) is 5.84 Å². The van der Waals surface area contributed by atoms with Crippen molar-refractivity contribution in [3.63, 3.8) is 0 Å². The molecule has 0 aromatic heterocycles. The molecule has 3 N–H and O–H groups in total. The zero-order valence-corrected chi connectivity index (χ0v) is 6.69. The van der Waals surface area contributed by atoms with Crippen LogP contribution in [0, 0.1) is 5.92 Å². The van der Waals surface area contributed by atoms with Crippen molar-refractivity contribution in [3.05, 3.63) is 0 Å². The van der Waals surface area contributed by atoms with Crippen LogP contribution in [0.5, 0.6) is 0 Å². The Hall–Kier alpha value is -1.10. The number of hydrazine groups is 1. The Kier molecular flexibility index (Phi) is 2.65. The van der Waals surface area contributed by atoms with Gasteiger partial charge >= 0.3 is 5.97 Å². The second kappa shape index (κ2) is 3.53. The molecule has 0 unspecified atom stereocenters. The molecule has 1 amide bonds. The van der Waals surface area contributed by atoms with E-state index in [0.29, 0.717) is 19.4 Å². The fourth-order valence-corrected chi connectivity index (χ4v) is 1.33. The molecule has 1 atom stereocenters. The van der Waals surface area contributed by atoms with Gasteiger partial charge in [-0.2, -0.15) is 0 Å². The Morgan fingerprint density at radius 1 is 1.75 bits per heavy atom. The SMILES string of the molecule is NN1CC[C@H](CCC(=O)O)C1=O. The molecule has 5 heteroatoms. The molecule has 0 radical (unpaired) electrons. The first-order valence-electron chi connectivity index (χ1n) is 3.89. The lowest BCUT2D eigenvalue weighted by atomic mass is 10.0. The molecule has 1 heterocycles. The fourth-order valence-electron chi connectivity index (χ4n) is 1.33. The number of nitrogens with zero attached hydrogens (tertiary/aromatic N) is 1. The van der Waals surface area contributed by atoms with Crippen molar-refractivity contribution >= 4 is 11.9 Å². The molecule has 1 aliphatic heterocycles. The molecule has 1 aliphatic rings. The van der Waals surface area contributed by atoms with Gasteiger partial charge in [0.15, 0.2) is 0 Å². The Morgan fingerprint density at radius 2 is 2.42 bits per heavy atom. The summed E-state index contributed by atoms with van der Waals surface area (Å²) in [6.07, 6.45) is 1.13. The second-order valence-corrected chi connectivity index (χ2v) is 2.95. The lowest BCUT2D eigenvalue weighted by Gasteiger charge is -2.07. The van der Waals surface area contributed by atoms with Crippen molar-refractivity contribution in [3.8, 4) is 0 Å². The molecule has 1 rings (SSSR count). The van der Waals surface area contributed by atoms with E-state index in [4.69, 9.17) is 10.9 Å². The van der Waals surface area contributed by atoms with E-state index < -0.39 is 5.97 Å². The van der Waals surface area contributed by atoms with Crippen LogP contribution in [0.4, 0.5) is 0 Å². The molecule has 12 heavy (non-hydrogen) atoms. The number of aliphatic carboxylic acids is 1. The van der Waals surface area contributed by atoms with E-state index in [9.17, 15) is 9.59 Å². The summed E-state index contributed by atoms with van der Waals surface area (Å²) >= 11 is 0. The Bertz CT molecular complexity index is 205. The van der Waals surface area contributed by atoms with Gasteiger partial charge in [-0.1, -0.05) is 0 Å². The van der Waals surface area contributed by atoms with Gasteiger partial charge in [0.25, 0.3) is 0 Å². The Labute approximate surface area is 70.1 Å². The number of carboxylic acids is 1. The van der Waals surface area contributed by atoms with E-state index in [1.165, 1.54) is 0 Å². The van der Waals surface area contributed by atoms with Crippen LogP contribution in [0.1, 0.15) is 19.3 Å². The van der Waals surface area contributed by atoms with Crippen molar-refractivity contribution in [1.82, 2.24) is 5.01 Å². The monoisotopic (exact) mass is 172 g/mol. The maximum Gasteiger partial charge on any atom is 0.303 e. The summed E-state index contributed by atoms with van der Waals surface area (Å²) in [4.78, 5) is 21.3. The highest BCUT2D eigenvalue weighted by Gasteiger charge is 2.29. The number of amides is 1. The third kappa shape index (κ3) is 1.94. The first-order valence-corrected chi connectivity index (χ1v) is 3.89. The summed E-state index contributed by atoms with van der Waals surface area (Å²) in [5, 5.41) is 9.53. The molecular formula is C7H12N2O3. The van der Waals surface area contributed by atoms with Crippen LogP contribution in [-0.2, 0) is 9.59 Å². The van der Waals surface area contributed by atoms with E-state index >= 15 is 0 Å². The van der Waals surface area contributed by atoms with Gasteiger partial charge in [-0.3, -0.25) is 14.6 Å². The summed E-state index contributed by atoms with van der Waals surface area (Å²) < 4.78 is 0. The van der Waals surface area contributed by atoms with Crippen LogP contribution in [0.15, 0.2) is 0 Å². The predicted molar refractivity (Wildman–Crippen MR) is 40.9 cm³/mol. The summed E-state index contributed by atoms with van der Waals surface area (Å²) in [5.74, 6) is 4.15. The van der Waals surface area contributed by atoms with Gasteiger partial charge in [0.2, 0.25) is 5.91 Å². The Morgan fingerprint density at radius 3 is 2.83 bits per heavy atom. The third-order valence-electron chi connectivity index (χ3n) is 2.06. The van der Waals surface area contributed by atoms with Gasteiger partial charge in [-0.05, 0) is 12.8 Å². The normalized spacial score (nSPS) is 23.2. The maximum atomic E-state index is 11.1. The highest BCUT2D eigenvalue weighted by atomic mass is 16.4. The molecule has 0 aromatic carbocycles. The van der Waals surface area contributed by atoms with Gasteiger partial charge < -0.3 is 5.11 Å². The highest BCUT2D eigenvalue weighted by Crippen LogP contribution is 2.19. The summed E-state index contributed by atoms with van der Waals surface area (Å²) in [6.45, 7) is 0.545. The molecule has 0 saturated carbocycles. The van der Waals surface area contributed by atoms with Gasteiger partial charge in [0, 0.05) is 18.9 Å². The number of nitrogens with two attached hydrogens (primary N) is 1. The number of hydrogen-bond donors (Lipinski definition) is 2. The zero-order chi connectivity index (χ0) is 9.14. The summed E-state index contributed by atoms with van der Waals surface area (Å²) in [6, 6.07) is 0. The van der Waals surface area contributed by atoms with Crippen LogP contribution in [0.2, 0.25) is 0 Å². The minimum Gasteiger partial charge on any atom is -0.481 e. The topological polar surface area (TPSA) is 83.6 Å². The van der Waals surface area contributed by atoms with E-state index in [1.807, 2.05) is 0 Å². The van der Waals surface area contributed by atoms with Crippen molar-refractivity contribution < 1.29 is 14.7 Å². The van der Waals surface area contributed by atoms with Crippen LogP contribution in [-0.4, -0.2) is 28.5 Å². The number of carboxylic acid groups (broad SMARTS) is 1. The molecule has 0 spiro atoms. The largest absolute Gasteiger partial charge is 0.481 e. The smallest absolute Gasteiger partial charge is 0.303 e. The average Bonchev–Trinajstić information content (AvgIpc) is 2.30. The lowest BCUT2D eigenvalue weighted by molar-refractivity contribution is -0.137. The van der Waals surface area contributed by atoms with E-state index in [0.717, 1.165) is 5.01 Å². The first-order chi connectivity index (χ1) is 5.61. The number of carbonyl (C=O) groups is 2. The number of hydrogen-bond acceptors (Lipinski definition) is 3. The average molecular weight is 172 g/mol. The molecule has 1 fully saturated rings. The molecule has 0 aromatic rings. The molecular weight excluding hydrogens is 160 g/mol. The summed E-state index contributed by atoms with van der Waals surface area (Å²) in [7, 11) is 0. The van der Waals surface area contributed by atoms with Crippen molar-refractivity contribution in [2.24, 2.45) is 11.8 Å². The Balaban J connectivity index is 2.34. The van der Waals surface area contributed by atoms with Gasteiger partial charge in [0.05, 0.1) is 0 Å². The van der Waals surface area contributed by atoms with Gasteiger partial charge in [-0.15, -0.1) is 0 Å². The van der Waals surface area contributed by atoms with Crippen molar-refractivity contribution in [2.45, 2.75) is 19.3 Å². The quantitative estimate of drug-likeness (QED) is 0.447. The third-order valence-corrected chi connectivity index (χ3v) is 2.06. The van der Waals surface area contributed by atoms with Gasteiger partial charge in [0.1, 0.15) is 0 Å². The molecule has 0 aliphatic carbocycles. The van der Waals surface area contributed by atoms with E-state index in [2.05, 4.69) is 0 Å². The second-order valence-electron chi connectivity index (χ2n) is 2.95. The predicted octanol–water partition coefficient (Wildman–Crippen LogP) is -0.427. The number of rotatable bonds is 3. The molecule has 5 nitrogen and oxygen atoms in total. The minimum atomic E-state index is -0.863. The zero-order valence-electron chi connectivity index (χ0n) is 6.69. The highest BCUT2D eigenvalue weighted by molar-refractivity contribution is 5.80. The lowest BCUT2D eigenvalue weighted by Crippen LogP contribution is -2.33. The fraction of sp³-hybridized carbons (Fsp3) is 0.714. The van der Waals surface area contributed by atoms with E-state index in [-0.39, 0.29) is 18.2 Å². The van der Waals surface area contributed by atoms with Crippen molar-refractivity contribution in [2.75, 3.05) is 6.54 Å². The summed E-state index contributed by atoms with van der Waals surface area (Å²) in [5.41, 5.74) is 0. The molecule has 0 bridgehead atoms. The van der Waals surface area contributed by atoms with Crippen LogP contribution in [0.25, 0.3) is 0 Å². The maximum absolute atomic E-state index is 11.1. The molecule has 1 saturated heterocycles. The van der Waals surface area contributed by atoms with E-state index in [1.54, 1.807) is 0 Å². The van der Waals surface area contributed by atoms with Crippen LogP contribution < -0.4 is 5.84 Å². The number of carbonyl (C=O) groups excluding carboxylic acids is 1. The first kappa shape index (κ1) is 8.99. The van der Waals surface area contributed by atoms with Crippen molar-refractivity contribution in [1.29, 1.82) is 0 Å². The van der Waals surface area contributed by atoms with Crippen LogP contribution >= 0.6 is 0 Å². The standard InChI is InChI=1S/C7H12N2O3/c8-9-4-3-5(7(9)12)1-2-6(10)11/h5H,1-4,8H2,(H,10,11)/t5-/m0/s1. The van der Waals surface area contributed by atoms with Crippen LogP contribution in [0.3, 0.4) is 0 Å².